The molecule has 0 aliphatic carbocycles. The van der Waals surface area contributed by atoms with Crippen molar-refractivity contribution in [2.24, 2.45) is 0 Å². The van der Waals surface area contributed by atoms with Gasteiger partial charge in [-0.15, -0.1) is 11.6 Å². The molecule has 0 radical (unpaired) electrons. The number of hydrogen-bond acceptors (Lipinski definition) is 0. The minimum Gasteiger partial charge on any atom is -0.207 e. The van der Waals surface area contributed by atoms with E-state index in [0.717, 1.165) is 11.1 Å². The third-order valence-corrected chi connectivity index (χ3v) is 4.10. The second-order valence-electron chi connectivity index (χ2n) is 4.51. The van der Waals surface area contributed by atoms with Crippen LogP contribution in [0, 0.1) is 19.7 Å². The van der Waals surface area contributed by atoms with Gasteiger partial charge in [0.25, 0.3) is 0 Å². The molecule has 0 fully saturated rings. The quantitative estimate of drug-likeness (QED) is 0.589. The Bertz CT molecular complexity index is 623. The summed E-state index contributed by atoms with van der Waals surface area (Å²) in [6.45, 7) is 3.63. The minimum absolute atomic E-state index is 0.305. The normalized spacial score (nSPS) is 12.5. The molecule has 4 heteroatoms. The van der Waals surface area contributed by atoms with Gasteiger partial charge in [0, 0.05) is 10.0 Å². The van der Waals surface area contributed by atoms with Gasteiger partial charge < -0.3 is 0 Å². The molecule has 2 aromatic rings. The Morgan fingerprint density at radius 3 is 2.21 bits per heavy atom. The Balaban J connectivity index is 2.49. The van der Waals surface area contributed by atoms with Crippen molar-refractivity contribution in [2.75, 3.05) is 0 Å². The summed E-state index contributed by atoms with van der Waals surface area (Å²) in [5.74, 6) is -0.340. The summed E-state index contributed by atoms with van der Waals surface area (Å²) in [6, 6.07) is 8.58. The highest BCUT2D eigenvalue weighted by Gasteiger charge is 2.18. The second-order valence-corrected chi connectivity index (χ2v) is 5.76. The van der Waals surface area contributed by atoms with E-state index < -0.39 is 5.38 Å². The van der Waals surface area contributed by atoms with Gasteiger partial charge in [0.05, 0.1) is 5.38 Å². The van der Waals surface area contributed by atoms with Gasteiger partial charge in [0.1, 0.15) is 5.82 Å². The van der Waals surface area contributed by atoms with Crippen molar-refractivity contribution in [3.05, 3.63) is 68.4 Å². The Kier molecular flexibility index (Phi) is 4.39. The number of benzene rings is 2. The lowest BCUT2D eigenvalue weighted by molar-refractivity contribution is 0.618. The molecule has 0 spiro atoms. The standard InChI is InChI=1S/C15H12Cl3F/c1-8-3-4-10(12(16)5-8)15(18)11-6-9(2)14(19)7-13(11)17/h3-7,15H,1-2H3. The van der Waals surface area contributed by atoms with Crippen LogP contribution in [0.15, 0.2) is 30.3 Å². The molecule has 0 aromatic heterocycles. The number of hydrogen-bond donors (Lipinski definition) is 0. The molecular formula is C15H12Cl3F. The van der Waals surface area contributed by atoms with Crippen LogP contribution in [0.4, 0.5) is 4.39 Å². The van der Waals surface area contributed by atoms with E-state index in [0.29, 0.717) is 21.2 Å². The first-order chi connectivity index (χ1) is 8.90. The van der Waals surface area contributed by atoms with Crippen LogP contribution in [0.3, 0.4) is 0 Å². The molecular weight excluding hydrogens is 306 g/mol. The number of rotatable bonds is 2. The van der Waals surface area contributed by atoms with Gasteiger partial charge in [-0.1, -0.05) is 35.3 Å². The van der Waals surface area contributed by atoms with Gasteiger partial charge in [-0.2, -0.15) is 0 Å². The Labute approximate surface area is 127 Å². The van der Waals surface area contributed by atoms with Gasteiger partial charge >= 0.3 is 0 Å². The van der Waals surface area contributed by atoms with Crippen molar-refractivity contribution in [1.29, 1.82) is 0 Å². The largest absolute Gasteiger partial charge is 0.207 e. The van der Waals surface area contributed by atoms with Gasteiger partial charge in [0.2, 0.25) is 0 Å². The van der Waals surface area contributed by atoms with Gasteiger partial charge in [-0.25, -0.2) is 4.39 Å². The molecule has 1 unspecified atom stereocenters. The fourth-order valence-corrected chi connectivity index (χ4v) is 2.97. The average Bonchev–Trinajstić information content (AvgIpc) is 2.33. The Morgan fingerprint density at radius 1 is 0.947 bits per heavy atom. The highest BCUT2D eigenvalue weighted by Crippen LogP contribution is 2.38. The first-order valence-corrected chi connectivity index (χ1v) is 6.95. The number of halogens is 4. The average molecular weight is 318 g/mol. The fraction of sp³-hybridized carbons (Fsp3) is 0.200. The molecule has 2 aromatic carbocycles. The third-order valence-electron chi connectivity index (χ3n) is 2.98. The third kappa shape index (κ3) is 3.05. The first kappa shape index (κ1) is 14.6. The van der Waals surface area contributed by atoms with E-state index in [9.17, 15) is 4.39 Å². The van der Waals surface area contributed by atoms with E-state index in [1.807, 2.05) is 25.1 Å². The van der Waals surface area contributed by atoms with Gasteiger partial charge in [-0.05, 0) is 54.3 Å². The molecule has 0 bridgehead atoms. The molecule has 0 saturated carbocycles. The second kappa shape index (κ2) is 5.70. The van der Waals surface area contributed by atoms with Crippen molar-refractivity contribution in [1.82, 2.24) is 0 Å². The van der Waals surface area contributed by atoms with Crippen LogP contribution in [0.1, 0.15) is 27.6 Å². The molecule has 0 saturated heterocycles. The SMILES string of the molecule is Cc1ccc(C(Cl)c2cc(C)c(F)cc2Cl)c(Cl)c1. The van der Waals surface area contributed by atoms with Crippen molar-refractivity contribution >= 4 is 34.8 Å². The van der Waals surface area contributed by atoms with E-state index in [1.165, 1.54) is 6.07 Å². The van der Waals surface area contributed by atoms with Crippen molar-refractivity contribution in [3.63, 3.8) is 0 Å². The molecule has 1 atom stereocenters. The molecule has 0 amide bonds. The lowest BCUT2D eigenvalue weighted by Crippen LogP contribution is -1.98. The van der Waals surface area contributed by atoms with Crippen LogP contribution < -0.4 is 0 Å². The van der Waals surface area contributed by atoms with Crippen molar-refractivity contribution in [3.8, 4) is 0 Å². The van der Waals surface area contributed by atoms with E-state index >= 15 is 0 Å². The molecule has 2 rings (SSSR count). The van der Waals surface area contributed by atoms with Crippen molar-refractivity contribution < 1.29 is 4.39 Å². The van der Waals surface area contributed by atoms with E-state index in [1.54, 1.807) is 13.0 Å². The molecule has 19 heavy (non-hydrogen) atoms. The Morgan fingerprint density at radius 2 is 1.58 bits per heavy atom. The van der Waals surface area contributed by atoms with Gasteiger partial charge in [-0.3, -0.25) is 0 Å². The topological polar surface area (TPSA) is 0 Å². The Hall–Kier alpha value is -0.760. The first-order valence-electron chi connectivity index (χ1n) is 5.76. The van der Waals surface area contributed by atoms with Crippen LogP contribution in [-0.4, -0.2) is 0 Å². The maximum atomic E-state index is 13.4. The summed E-state index contributed by atoms with van der Waals surface area (Å²) < 4.78 is 13.4. The van der Waals surface area contributed by atoms with Crippen LogP contribution in [0.5, 0.6) is 0 Å². The van der Waals surface area contributed by atoms with Crippen LogP contribution in [0.2, 0.25) is 10.0 Å². The number of alkyl halides is 1. The fourth-order valence-electron chi connectivity index (χ4n) is 1.88. The number of aryl methyl sites for hydroxylation is 2. The summed E-state index contributed by atoms with van der Waals surface area (Å²) in [5.41, 5.74) is 2.99. The zero-order valence-electron chi connectivity index (χ0n) is 10.5. The van der Waals surface area contributed by atoms with E-state index in [4.69, 9.17) is 34.8 Å². The zero-order chi connectivity index (χ0) is 14.2. The summed E-state index contributed by atoms with van der Waals surface area (Å²) in [7, 11) is 0. The van der Waals surface area contributed by atoms with E-state index in [2.05, 4.69) is 0 Å². The summed E-state index contributed by atoms with van der Waals surface area (Å²) >= 11 is 18.7. The molecule has 100 valence electrons. The maximum Gasteiger partial charge on any atom is 0.127 e. The summed E-state index contributed by atoms with van der Waals surface area (Å²) in [6.07, 6.45) is 0. The summed E-state index contributed by atoms with van der Waals surface area (Å²) in [5, 5.41) is 0.387. The predicted octanol–water partition coefficient (Wildman–Crippen LogP) is 6.08. The molecule has 0 N–H and O–H groups in total. The smallest absolute Gasteiger partial charge is 0.127 e. The van der Waals surface area contributed by atoms with E-state index in [-0.39, 0.29) is 5.82 Å². The summed E-state index contributed by atoms with van der Waals surface area (Å²) in [4.78, 5) is 0. The predicted molar refractivity (Wildman–Crippen MR) is 80.0 cm³/mol. The van der Waals surface area contributed by atoms with Crippen LogP contribution >= 0.6 is 34.8 Å². The highest BCUT2D eigenvalue weighted by molar-refractivity contribution is 6.35. The molecule has 0 heterocycles. The lowest BCUT2D eigenvalue weighted by atomic mass is 10.0. The maximum absolute atomic E-state index is 13.4. The molecule has 0 aliphatic rings. The molecule has 0 nitrogen and oxygen atoms in total. The van der Waals surface area contributed by atoms with Crippen LogP contribution in [0.25, 0.3) is 0 Å². The van der Waals surface area contributed by atoms with Crippen LogP contribution in [-0.2, 0) is 0 Å². The van der Waals surface area contributed by atoms with Gasteiger partial charge in [0.15, 0.2) is 0 Å². The van der Waals surface area contributed by atoms with Crippen molar-refractivity contribution in [2.45, 2.75) is 19.2 Å². The zero-order valence-corrected chi connectivity index (χ0v) is 12.7. The molecule has 0 aliphatic heterocycles. The lowest BCUT2D eigenvalue weighted by Gasteiger charge is -2.15. The minimum atomic E-state index is -0.500. The monoisotopic (exact) mass is 316 g/mol. The highest BCUT2D eigenvalue weighted by atomic mass is 35.5.